The highest BCUT2D eigenvalue weighted by Crippen LogP contribution is 2.70. The minimum absolute atomic E-state index is 0.0462. The lowest BCUT2D eigenvalue weighted by Crippen LogP contribution is -2.68. The van der Waals surface area contributed by atoms with Crippen molar-refractivity contribution in [1.82, 2.24) is 5.43 Å². The summed E-state index contributed by atoms with van der Waals surface area (Å²) in [7, 11) is 0. The second kappa shape index (κ2) is 9.25. The van der Waals surface area contributed by atoms with E-state index < -0.39 is 28.1 Å². The van der Waals surface area contributed by atoms with Crippen molar-refractivity contribution in [3.8, 4) is 0 Å². The van der Waals surface area contributed by atoms with Gasteiger partial charge >= 0.3 is 5.97 Å². The van der Waals surface area contributed by atoms with Crippen LogP contribution in [0.5, 0.6) is 0 Å². The highest BCUT2D eigenvalue weighted by Gasteiger charge is 2.71. The minimum atomic E-state index is -1.17. The smallest absolute Gasteiger partial charge is 0.331 e. The summed E-state index contributed by atoms with van der Waals surface area (Å²) in [5.74, 6) is -0.627. The first-order chi connectivity index (χ1) is 18.5. The van der Waals surface area contributed by atoms with Crippen molar-refractivity contribution in [2.45, 2.75) is 88.9 Å². The van der Waals surface area contributed by atoms with Crippen LogP contribution in [0.1, 0.15) is 80.6 Å². The van der Waals surface area contributed by atoms with E-state index in [0.29, 0.717) is 44.3 Å². The molecule has 0 bridgehead atoms. The molecule has 6 rings (SSSR count). The first-order valence-corrected chi connectivity index (χ1v) is 14.4. The Kier molecular flexibility index (Phi) is 6.32. The number of esters is 1. The molecule has 0 aromatic heterocycles. The van der Waals surface area contributed by atoms with Crippen LogP contribution in [-0.2, 0) is 9.53 Å². The summed E-state index contributed by atoms with van der Waals surface area (Å²) in [6.07, 6.45) is 8.21. The summed E-state index contributed by atoms with van der Waals surface area (Å²) < 4.78 is 5.23. The SMILES string of the molecule is Cc1ccccc1C(=O)N/N=C\[C@]12CC[C@@H](O)C[C@]1(O)CC[C@@H]1[C@@H]2CC[C@]2(C)[C@H](C3=CC(=O)OC3)CC[C@@]12O. The van der Waals surface area contributed by atoms with Gasteiger partial charge in [0.2, 0.25) is 0 Å². The number of hydrazone groups is 1. The standard InChI is InChI=1S/C31H40N2O6/c1-19-5-3-4-6-22(19)27(36)33-32-18-29-12-7-21(34)16-30(29,37)13-9-25-24(29)8-11-28(2)23(10-14-31(25,28)38)20-15-26(35)39-17-20/h3-6,15,18,21,23-25,34,37-38H,7-14,16-17H2,1-2H3,(H,33,36)/b32-18-/t21-,23+,24+,25-,28-,29+,30-,31-/m1/s1. The van der Waals surface area contributed by atoms with Gasteiger partial charge in [-0.15, -0.1) is 0 Å². The molecule has 4 fully saturated rings. The lowest BCUT2D eigenvalue weighted by molar-refractivity contribution is -0.237. The van der Waals surface area contributed by atoms with Gasteiger partial charge in [0.05, 0.1) is 17.3 Å². The largest absolute Gasteiger partial charge is 0.458 e. The molecule has 1 aliphatic heterocycles. The number of fused-ring (bicyclic) bond motifs is 5. The van der Waals surface area contributed by atoms with Crippen molar-refractivity contribution in [3.63, 3.8) is 0 Å². The average Bonchev–Trinajstić information content (AvgIpc) is 3.44. The summed E-state index contributed by atoms with van der Waals surface area (Å²) in [5, 5.41) is 39.6. The van der Waals surface area contributed by atoms with Gasteiger partial charge in [0.1, 0.15) is 6.61 Å². The van der Waals surface area contributed by atoms with Gasteiger partial charge in [-0.05, 0) is 93.2 Å². The number of hydrogen-bond acceptors (Lipinski definition) is 7. The molecule has 0 spiro atoms. The molecule has 5 aliphatic rings. The molecule has 8 nitrogen and oxygen atoms in total. The third-order valence-corrected chi connectivity index (χ3v) is 11.5. The zero-order chi connectivity index (χ0) is 27.6. The molecule has 4 saturated carbocycles. The molecule has 1 aromatic rings. The number of hydrogen-bond donors (Lipinski definition) is 4. The Hall–Kier alpha value is -2.55. The molecule has 8 heteroatoms. The van der Waals surface area contributed by atoms with Gasteiger partial charge in [-0.3, -0.25) is 4.79 Å². The van der Waals surface area contributed by atoms with E-state index in [-0.39, 0.29) is 36.1 Å². The van der Waals surface area contributed by atoms with Crippen LogP contribution in [0.4, 0.5) is 0 Å². The van der Waals surface area contributed by atoms with Crippen LogP contribution in [-0.4, -0.2) is 57.3 Å². The number of carbonyl (C=O) groups is 2. The maximum absolute atomic E-state index is 12.9. The Balaban J connectivity index is 1.33. The number of amides is 1. The van der Waals surface area contributed by atoms with E-state index in [9.17, 15) is 24.9 Å². The molecule has 0 saturated heterocycles. The number of aryl methyl sites for hydroxylation is 1. The van der Waals surface area contributed by atoms with Crippen molar-refractivity contribution in [3.05, 3.63) is 47.0 Å². The Morgan fingerprint density at radius 1 is 1.08 bits per heavy atom. The first kappa shape index (κ1) is 26.7. The number of nitrogens with one attached hydrogen (secondary N) is 1. The first-order valence-electron chi connectivity index (χ1n) is 14.4. The molecule has 4 aliphatic carbocycles. The van der Waals surface area contributed by atoms with Crippen LogP contribution in [0.15, 0.2) is 41.0 Å². The van der Waals surface area contributed by atoms with Gasteiger partial charge in [-0.25, -0.2) is 10.2 Å². The Morgan fingerprint density at radius 2 is 1.85 bits per heavy atom. The van der Waals surface area contributed by atoms with Crippen molar-refractivity contribution in [2.24, 2.45) is 33.7 Å². The molecular weight excluding hydrogens is 496 g/mol. The monoisotopic (exact) mass is 536 g/mol. The van der Waals surface area contributed by atoms with Crippen molar-refractivity contribution in [2.75, 3.05) is 6.61 Å². The van der Waals surface area contributed by atoms with Crippen LogP contribution in [0.2, 0.25) is 0 Å². The molecule has 210 valence electrons. The van der Waals surface area contributed by atoms with Crippen LogP contribution in [0.3, 0.4) is 0 Å². The number of aliphatic hydroxyl groups excluding tert-OH is 1. The molecule has 0 unspecified atom stereocenters. The van der Waals surface area contributed by atoms with Crippen LogP contribution < -0.4 is 5.43 Å². The van der Waals surface area contributed by atoms with Crippen molar-refractivity contribution in [1.29, 1.82) is 0 Å². The van der Waals surface area contributed by atoms with Crippen molar-refractivity contribution < 1.29 is 29.6 Å². The number of benzene rings is 1. The molecule has 1 aromatic carbocycles. The summed E-state index contributed by atoms with van der Waals surface area (Å²) >= 11 is 0. The predicted molar refractivity (Wildman–Crippen MR) is 145 cm³/mol. The fourth-order valence-corrected chi connectivity index (χ4v) is 9.45. The predicted octanol–water partition coefficient (Wildman–Crippen LogP) is 3.42. The quantitative estimate of drug-likeness (QED) is 0.265. The van der Waals surface area contributed by atoms with Gasteiger partial charge in [0.15, 0.2) is 0 Å². The topological polar surface area (TPSA) is 128 Å². The molecule has 0 radical (unpaired) electrons. The van der Waals surface area contributed by atoms with E-state index in [1.54, 1.807) is 18.4 Å². The number of ether oxygens (including phenoxy) is 1. The summed E-state index contributed by atoms with van der Waals surface area (Å²) in [6.45, 7) is 4.35. The van der Waals surface area contributed by atoms with E-state index in [0.717, 1.165) is 30.4 Å². The van der Waals surface area contributed by atoms with Crippen LogP contribution in [0.25, 0.3) is 0 Å². The van der Waals surface area contributed by atoms with E-state index in [4.69, 9.17) is 4.74 Å². The molecule has 39 heavy (non-hydrogen) atoms. The van der Waals surface area contributed by atoms with Gasteiger partial charge in [0, 0.05) is 35.1 Å². The fraction of sp³-hybridized carbons (Fsp3) is 0.645. The van der Waals surface area contributed by atoms with Gasteiger partial charge < -0.3 is 20.1 Å². The second-order valence-electron chi connectivity index (χ2n) is 13.0. The Bertz CT molecular complexity index is 1250. The average molecular weight is 537 g/mol. The fourth-order valence-electron chi connectivity index (χ4n) is 9.45. The van der Waals surface area contributed by atoms with Crippen molar-refractivity contribution >= 4 is 18.1 Å². The summed E-state index contributed by atoms with van der Waals surface area (Å²) in [6, 6.07) is 7.33. The number of aliphatic hydroxyl groups is 3. The second-order valence-corrected chi connectivity index (χ2v) is 13.0. The van der Waals surface area contributed by atoms with Gasteiger partial charge in [-0.1, -0.05) is 25.1 Å². The van der Waals surface area contributed by atoms with E-state index in [2.05, 4.69) is 17.5 Å². The zero-order valence-corrected chi connectivity index (χ0v) is 22.9. The molecular formula is C31H40N2O6. The maximum Gasteiger partial charge on any atom is 0.331 e. The Morgan fingerprint density at radius 3 is 2.59 bits per heavy atom. The highest BCUT2D eigenvalue weighted by molar-refractivity contribution is 5.95. The van der Waals surface area contributed by atoms with Gasteiger partial charge in [0.25, 0.3) is 5.91 Å². The van der Waals surface area contributed by atoms with E-state index in [1.807, 2.05) is 25.1 Å². The van der Waals surface area contributed by atoms with E-state index >= 15 is 0 Å². The summed E-state index contributed by atoms with van der Waals surface area (Å²) in [4.78, 5) is 24.7. The third-order valence-electron chi connectivity index (χ3n) is 11.5. The maximum atomic E-state index is 12.9. The van der Waals surface area contributed by atoms with Crippen LogP contribution >= 0.6 is 0 Å². The lowest BCUT2D eigenvalue weighted by Gasteiger charge is -2.65. The number of rotatable bonds is 4. The Labute approximate surface area is 229 Å². The molecule has 4 N–H and O–H groups in total. The highest BCUT2D eigenvalue weighted by atomic mass is 16.5. The number of carbonyl (C=O) groups excluding carboxylic acids is 2. The molecule has 1 amide bonds. The number of cyclic esters (lactones) is 1. The zero-order valence-electron chi connectivity index (χ0n) is 22.9. The normalized spacial score (nSPS) is 43.3. The minimum Gasteiger partial charge on any atom is -0.458 e. The molecule has 1 heterocycles. The number of nitrogens with zero attached hydrogens (tertiary/aromatic N) is 1. The molecule has 8 atom stereocenters. The lowest BCUT2D eigenvalue weighted by atomic mass is 9.41. The third kappa shape index (κ3) is 3.85. The van der Waals surface area contributed by atoms with E-state index in [1.165, 1.54) is 0 Å². The summed E-state index contributed by atoms with van der Waals surface area (Å²) in [5.41, 5.74) is 1.80. The van der Waals surface area contributed by atoms with Gasteiger partial charge in [-0.2, -0.15) is 5.10 Å². The van der Waals surface area contributed by atoms with Crippen LogP contribution in [0, 0.1) is 35.5 Å².